The molecule has 0 spiro atoms. The van der Waals surface area contributed by atoms with E-state index < -0.39 is 17.6 Å². The van der Waals surface area contributed by atoms with E-state index in [0.717, 1.165) is 15.6 Å². The zero-order valence-corrected chi connectivity index (χ0v) is 15.3. The Morgan fingerprint density at radius 1 is 1.04 bits per heavy atom. The number of para-hydroxylation sites is 1. The van der Waals surface area contributed by atoms with Crippen molar-refractivity contribution >= 4 is 33.4 Å². The number of benzene rings is 2. The van der Waals surface area contributed by atoms with Crippen molar-refractivity contribution in [2.75, 3.05) is 0 Å². The Morgan fingerprint density at radius 3 is 2.32 bits per heavy atom. The fourth-order valence-electron chi connectivity index (χ4n) is 3.54. The summed E-state index contributed by atoms with van der Waals surface area (Å²) in [4.78, 5) is 41.0. The van der Waals surface area contributed by atoms with Crippen LogP contribution >= 0.6 is 0 Å². The highest BCUT2D eigenvalue weighted by atomic mass is 16.4. The van der Waals surface area contributed by atoms with Crippen LogP contribution in [-0.4, -0.2) is 31.6 Å². The monoisotopic (exact) mass is 375 g/mol. The van der Waals surface area contributed by atoms with Crippen LogP contribution in [0.15, 0.2) is 53.3 Å². The van der Waals surface area contributed by atoms with Crippen LogP contribution in [0.2, 0.25) is 0 Å². The summed E-state index contributed by atoms with van der Waals surface area (Å²) in [5.74, 6) is -1.57. The molecule has 0 radical (unpaired) electrons. The number of nitrogens with one attached hydrogen (secondary N) is 1. The molecule has 1 atom stereocenters. The highest BCUT2D eigenvalue weighted by Crippen LogP contribution is 2.26. The lowest BCUT2D eigenvalue weighted by atomic mass is 10.0. The summed E-state index contributed by atoms with van der Waals surface area (Å²) in [6, 6.07) is 12.8. The molecule has 2 N–H and O–H groups in total. The summed E-state index contributed by atoms with van der Waals surface area (Å²) in [6.45, 7) is 3.34. The maximum absolute atomic E-state index is 13.2. The average molecular weight is 375 g/mol. The number of aryl methyl sites for hydroxylation is 1. The maximum Gasteiger partial charge on any atom is 0.357 e. The highest BCUT2D eigenvalue weighted by molar-refractivity contribution is 6.11. The van der Waals surface area contributed by atoms with Gasteiger partial charge in [-0.3, -0.25) is 9.59 Å². The molecular formula is C21H17N3O4. The second-order valence-electron chi connectivity index (χ2n) is 6.66. The minimum atomic E-state index is -1.26. The van der Waals surface area contributed by atoms with E-state index in [0.29, 0.717) is 11.3 Å². The summed E-state index contributed by atoms with van der Waals surface area (Å²) in [6.07, 6.45) is 0. The average Bonchev–Trinajstić information content (AvgIpc) is 3.02. The van der Waals surface area contributed by atoms with Crippen LogP contribution in [0.3, 0.4) is 0 Å². The Labute approximate surface area is 159 Å². The standard InChI is InChI=1S/C21H17N3O4/c1-11-17(15-9-5-6-10-16(15)22-11)19(25)12(2)24-20(26)14-8-4-3-7-13(14)18(23-24)21(27)28/h3-10,12,22H,1-2H3,(H,27,28). The lowest BCUT2D eigenvalue weighted by Crippen LogP contribution is -2.32. The number of carboxylic acids is 1. The van der Waals surface area contributed by atoms with Crippen molar-refractivity contribution < 1.29 is 14.7 Å². The largest absolute Gasteiger partial charge is 0.476 e. The van der Waals surface area contributed by atoms with Gasteiger partial charge in [-0.2, -0.15) is 5.10 Å². The Balaban J connectivity index is 1.91. The van der Waals surface area contributed by atoms with Crippen LogP contribution in [0.25, 0.3) is 21.7 Å². The number of fused-ring (bicyclic) bond motifs is 2. The first-order chi connectivity index (χ1) is 13.4. The van der Waals surface area contributed by atoms with E-state index in [4.69, 9.17) is 0 Å². The molecule has 2 aromatic heterocycles. The van der Waals surface area contributed by atoms with Crippen molar-refractivity contribution in [3.63, 3.8) is 0 Å². The topological polar surface area (TPSA) is 105 Å². The van der Waals surface area contributed by atoms with Crippen LogP contribution < -0.4 is 5.56 Å². The lowest BCUT2D eigenvalue weighted by Gasteiger charge is -2.15. The van der Waals surface area contributed by atoms with Gasteiger partial charge in [0.15, 0.2) is 11.5 Å². The van der Waals surface area contributed by atoms with E-state index in [1.807, 2.05) is 24.3 Å². The van der Waals surface area contributed by atoms with Gasteiger partial charge in [0.1, 0.15) is 6.04 Å². The quantitative estimate of drug-likeness (QED) is 0.532. The molecule has 28 heavy (non-hydrogen) atoms. The van der Waals surface area contributed by atoms with E-state index in [1.165, 1.54) is 12.1 Å². The molecule has 2 heterocycles. The third-order valence-electron chi connectivity index (χ3n) is 4.92. The molecule has 0 saturated carbocycles. The molecule has 2 aromatic carbocycles. The van der Waals surface area contributed by atoms with Gasteiger partial charge in [-0.15, -0.1) is 0 Å². The number of carbonyl (C=O) groups excluding carboxylic acids is 1. The molecule has 0 aliphatic carbocycles. The molecular weight excluding hydrogens is 358 g/mol. The van der Waals surface area contributed by atoms with E-state index in [2.05, 4.69) is 10.1 Å². The van der Waals surface area contributed by atoms with Gasteiger partial charge < -0.3 is 10.1 Å². The summed E-state index contributed by atoms with van der Waals surface area (Å²) >= 11 is 0. The number of Topliss-reactive ketones (excluding diaryl/α,β-unsaturated/α-hetero) is 1. The van der Waals surface area contributed by atoms with Crippen LogP contribution in [0.5, 0.6) is 0 Å². The smallest absolute Gasteiger partial charge is 0.357 e. The van der Waals surface area contributed by atoms with Crippen molar-refractivity contribution in [3.05, 3.63) is 75.8 Å². The van der Waals surface area contributed by atoms with Crippen molar-refractivity contribution in [2.24, 2.45) is 0 Å². The predicted molar refractivity (Wildman–Crippen MR) is 105 cm³/mol. The second kappa shape index (κ2) is 6.45. The fourth-order valence-corrected chi connectivity index (χ4v) is 3.54. The molecule has 0 bridgehead atoms. The zero-order valence-electron chi connectivity index (χ0n) is 15.3. The van der Waals surface area contributed by atoms with Gasteiger partial charge >= 0.3 is 5.97 Å². The highest BCUT2D eigenvalue weighted by Gasteiger charge is 2.26. The van der Waals surface area contributed by atoms with Crippen LogP contribution in [0.1, 0.15) is 39.5 Å². The summed E-state index contributed by atoms with van der Waals surface area (Å²) in [5.41, 5.74) is 1.22. The summed E-state index contributed by atoms with van der Waals surface area (Å²) < 4.78 is 0.968. The number of hydrogen-bond acceptors (Lipinski definition) is 4. The van der Waals surface area contributed by atoms with Gasteiger partial charge in [0.2, 0.25) is 0 Å². The van der Waals surface area contributed by atoms with Crippen LogP contribution in [0, 0.1) is 6.92 Å². The molecule has 0 aliphatic rings. The zero-order chi connectivity index (χ0) is 20.0. The minimum Gasteiger partial charge on any atom is -0.476 e. The van der Waals surface area contributed by atoms with E-state index in [-0.39, 0.29) is 22.2 Å². The molecule has 4 rings (SSSR count). The summed E-state index contributed by atoms with van der Waals surface area (Å²) in [5, 5.41) is 14.8. The SMILES string of the molecule is Cc1[nH]c2ccccc2c1C(=O)C(C)n1nc(C(=O)O)c2ccccc2c1=O. The molecule has 140 valence electrons. The molecule has 1 unspecified atom stereocenters. The molecule has 0 amide bonds. The van der Waals surface area contributed by atoms with Gasteiger partial charge in [0.05, 0.1) is 5.39 Å². The third-order valence-corrected chi connectivity index (χ3v) is 4.92. The number of aromatic nitrogens is 3. The van der Waals surface area contributed by atoms with E-state index in [9.17, 15) is 19.5 Å². The van der Waals surface area contributed by atoms with Crippen LogP contribution in [-0.2, 0) is 0 Å². The number of carbonyl (C=O) groups is 2. The molecule has 0 fully saturated rings. The Kier molecular flexibility index (Phi) is 4.07. The Hall–Kier alpha value is -3.74. The van der Waals surface area contributed by atoms with Gasteiger partial charge in [-0.1, -0.05) is 36.4 Å². The maximum atomic E-state index is 13.2. The molecule has 0 aliphatic heterocycles. The molecule has 4 aromatic rings. The first-order valence-corrected chi connectivity index (χ1v) is 8.76. The number of rotatable bonds is 4. The van der Waals surface area contributed by atoms with Crippen molar-refractivity contribution in [2.45, 2.75) is 19.9 Å². The Bertz CT molecular complexity index is 1320. The van der Waals surface area contributed by atoms with Crippen molar-refractivity contribution in [1.82, 2.24) is 14.8 Å². The lowest BCUT2D eigenvalue weighted by molar-refractivity contribution is 0.0687. The normalized spacial score (nSPS) is 12.4. The summed E-state index contributed by atoms with van der Waals surface area (Å²) in [7, 11) is 0. The minimum absolute atomic E-state index is 0.213. The Morgan fingerprint density at radius 2 is 1.64 bits per heavy atom. The van der Waals surface area contributed by atoms with Crippen LogP contribution in [0.4, 0.5) is 0 Å². The number of ketones is 1. The van der Waals surface area contributed by atoms with Gasteiger partial charge in [-0.25, -0.2) is 9.48 Å². The number of hydrogen-bond donors (Lipinski definition) is 2. The second-order valence-corrected chi connectivity index (χ2v) is 6.66. The fraction of sp³-hybridized carbons (Fsp3) is 0.143. The van der Waals surface area contributed by atoms with Gasteiger partial charge in [0, 0.05) is 27.5 Å². The van der Waals surface area contributed by atoms with Crippen molar-refractivity contribution in [3.8, 4) is 0 Å². The van der Waals surface area contributed by atoms with Crippen molar-refractivity contribution in [1.29, 1.82) is 0 Å². The van der Waals surface area contributed by atoms with E-state index in [1.54, 1.807) is 26.0 Å². The first-order valence-electron chi connectivity index (χ1n) is 8.76. The predicted octanol–water partition coefficient (Wildman–Crippen LogP) is 3.33. The molecule has 7 nitrogen and oxygen atoms in total. The first kappa shape index (κ1) is 17.7. The number of nitrogens with zero attached hydrogens (tertiary/aromatic N) is 2. The number of aromatic amines is 1. The van der Waals surface area contributed by atoms with Gasteiger partial charge in [-0.05, 0) is 26.0 Å². The number of H-pyrrole nitrogens is 1. The third kappa shape index (κ3) is 2.60. The number of aromatic carboxylic acids is 1. The van der Waals surface area contributed by atoms with E-state index >= 15 is 0 Å². The number of carboxylic acid groups (broad SMARTS) is 1. The van der Waals surface area contributed by atoms with Gasteiger partial charge in [0.25, 0.3) is 5.56 Å². The molecule has 7 heteroatoms. The molecule has 0 saturated heterocycles.